The molecule has 4 nitrogen and oxygen atoms in total. The van der Waals surface area contributed by atoms with E-state index in [4.69, 9.17) is 5.73 Å². The number of nitrogens with zero attached hydrogens (tertiary/aromatic N) is 1. The lowest BCUT2D eigenvalue weighted by atomic mass is 10.1. The van der Waals surface area contributed by atoms with Crippen molar-refractivity contribution in [2.75, 3.05) is 14.1 Å². The minimum atomic E-state index is -0.526. The molecule has 0 aliphatic rings. The van der Waals surface area contributed by atoms with E-state index in [2.05, 4.69) is 22.3 Å². The molecule has 3 N–H and O–H groups in total. The van der Waals surface area contributed by atoms with E-state index in [-0.39, 0.29) is 5.91 Å². The van der Waals surface area contributed by atoms with E-state index in [1.807, 2.05) is 56.6 Å². The van der Waals surface area contributed by atoms with Crippen LogP contribution >= 0.6 is 0 Å². The van der Waals surface area contributed by atoms with Gasteiger partial charge in [0.15, 0.2) is 0 Å². The second-order valence-corrected chi connectivity index (χ2v) is 6.07. The van der Waals surface area contributed by atoms with Crippen LogP contribution in [0, 0.1) is 0 Å². The summed E-state index contributed by atoms with van der Waals surface area (Å²) in [6.07, 6.45) is 0.549. The van der Waals surface area contributed by atoms with Crippen molar-refractivity contribution in [3.05, 3.63) is 71.3 Å². The predicted octanol–water partition coefficient (Wildman–Crippen LogP) is 1.93. The van der Waals surface area contributed by atoms with Crippen molar-refractivity contribution in [2.24, 2.45) is 5.73 Å². The number of amides is 1. The first kappa shape index (κ1) is 17.2. The summed E-state index contributed by atoms with van der Waals surface area (Å²) in [4.78, 5) is 14.3. The predicted molar refractivity (Wildman–Crippen MR) is 93.8 cm³/mol. The standard InChI is InChI=1S/C19H25N3O/c1-22(2)14-17-10-6-9-16(11-17)13-21-19(23)18(20)12-15-7-4-3-5-8-15/h3-11,18H,12-14,20H2,1-2H3,(H,21,23). The zero-order chi connectivity index (χ0) is 16.7. The summed E-state index contributed by atoms with van der Waals surface area (Å²) in [5.41, 5.74) is 9.38. The maximum atomic E-state index is 12.1. The Kier molecular flexibility index (Phi) is 6.32. The molecule has 0 aliphatic carbocycles. The molecule has 0 fully saturated rings. The molecule has 0 heterocycles. The Bertz CT molecular complexity index is 626. The van der Waals surface area contributed by atoms with Crippen LogP contribution in [0.5, 0.6) is 0 Å². The number of hydrogen-bond acceptors (Lipinski definition) is 3. The Balaban J connectivity index is 1.86. The fourth-order valence-corrected chi connectivity index (χ4v) is 2.48. The highest BCUT2D eigenvalue weighted by atomic mass is 16.2. The first-order chi connectivity index (χ1) is 11.0. The Hall–Kier alpha value is -2.17. The van der Waals surface area contributed by atoms with Gasteiger partial charge in [0.1, 0.15) is 0 Å². The molecular formula is C19H25N3O. The smallest absolute Gasteiger partial charge is 0.237 e. The molecule has 122 valence electrons. The number of hydrogen-bond donors (Lipinski definition) is 2. The maximum Gasteiger partial charge on any atom is 0.237 e. The van der Waals surface area contributed by atoms with Gasteiger partial charge in [-0.05, 0) is 37.2 Å². The highest BCUT2D eigenvalue weighted by Gasteiger charge is 2.13. The van der Waals surface area contributed by atoms with E-state index in [0.29, 0.717) is 13.0 Å². The molecule has 0 aromatic heterocycles. The van der Waals surface area contributed by atoms with Gasteiger partial charge in [0.05, 0.1) is 6.04 Å². The largest absolute Gasteiger partial charge is 0.351 e. The molecule has 2 rings (SSSR count). The van der Waals surface area contributed by atoms with Gasteiger partial charge < -0.3 is 16.0 Å². The van der Waals surface area contributed by atoms with Crippen LogP contribution in [0.25, 0.3) is 0 Å². The molecule has 23 heavy (non-hydrogen) atoms. The van der Waals surface area contributed by atoms with Gasteiger partial charge in [0, 0.05) is 13.1 Å². The monoisotopic (exact) mass is 311 g/mol. The highest BCUT2D eigenvalue weighted by molar-refractivity contribution is 5.81. The van der Waals surface area contributed by atoms with Crippen LogP contribution in [0.4, 0.5) is 0 Å². The molecule has 1 unspecified atom stereocenters. The van der Waals surface area contributed by atoms with Crippen LogP contribution < -0.4 is 11.1 Å². The van der Waals surface area contributed by atoms with Crippen LogP contribution in [-0.4, -0.2) is 30.9 Å². The zero-order valence-electron chi connectivity index (χ0n) is 13.8. The lowest BCUT2D eigenvalue weighted by Crippen LogP contribution is -2.41. The van der Waals surface area contributed by atoms with Crippen molar-refractivity contribution < 1.29 is 4.79 Å². The molecule has 2 aromatic carbocycles. The SMILES string of the molecule is CN(C)Cc1cccc(CNC(=O)C(N)Cc2ccccc2)c1. The summed E-state index contributed by atoms with van der Waals surface area (Å²) in [7, 11) is 4.08. The number of carbonyl (C=O) groups is 1. The third kappa shape index (κ3) is 5.85. The summed E-state index contributed by atoms with van der Waals surface area (Å²) in [6.45, 7) is 1.39. The van der Waals surface area contributed by atoms with Crippen molar-refractivity contribution in [2.45, 2.75) is 25.6 Å². The van der Waals surface area contributed by atoms with Gasteiger partial charge in [-0.15, -0.1) is 0 Å². The van der Waals surface area contributed by atoms with Crippen molar-refractivity contribution in [3.8, 4) is 0 Å². The lowest BCUT2D eigenvalue weighted by Gasteiger charge is -2.14. The second-order valence-electron chi connectivity index (χ2n) is 6.07. The van der Waals surface area contributed by atoms with Crippen LogP contribution in [0.3, 0.4) is 0 Å². The summed E-state index contributed by atoms with van der Waals surface area (Å²) in [5.74, 6) is -0.119. The van der Waals surface area contributed by atoms with E-state index in [9.17, 15) is 4.79 Å². The van der Waals surface area contributed by atoms with Gasteiger partial charge in [-0.25, -0.2) is 0 Å². The summed E-state index contributed by atoms with van der Waals surface area (Å²) in [5, 5.41) is 2.92. The van der Waals surface area contributed by atoms with E-state index in [0.717, 1.165) is 17.7 Å². The fourth-order valence-electron chi connectivity index (χ4n) is 2.48. The molecule has 0 saturated carbocycles. The molecular weight excluding hydrogens is 286 g/mol. The third-order valence-electron chi connectivity index (χ3n) is 3.59. The van der Waals surface area contributed by atoms with Crippen molar-refractivity contribution in [1.29, 1.82) is 0 Å². The molecule has 0 aliphatic heterocycles. The normalized spacial score (nSPS) is 12.2. The van der Waals surface area contributed by atoms with E-state index < -0.39 is 6.04 Å². The Morgan fingerprint density at radius 3 is 2.39 bits per heavy atom. The van der Waals surface area contributed by atoms with Crippen LogP contribution in [0.1, 0.15) is 16.7 Å². The molecule has 1 atom stereocenters. The molecule has 4 heteroatoms. The molecule has 0 bridgehead atoms. The number of benzene rings is 2. The summed E-state index contributed by atoms with van der Waals surface area (Å²) in [6, 6.07) is 17.5. The van der Waals surface area contributed by atoms with E-state index in [1.54, 1.807) is 0 Å². The van der Waals surface area contributed by atoms with Gasteiger partial charge in [0.25, 0.3) is 0 Å². The Labute approximate surface area is 138 Å². The zero-order valence-corrected chi connectivity index (χ0v) is 13.8. The highest BCUT2D eigenvalue weighted by Crippen LogP contribution is 2.07. The van der Waals surface area contributed by atoms with Crippen molar-refractivity contribution in [3.63, 3.8) is 0 Å². The van der Waals surface area contributed by atoms with Crippen LogP contribution in [-0.2, 0) is 24.3 Å². The number of nitrogens with two attached hydrogens (primary N) is 1. The summed E-state index contributed by atoms with van der Waals surface area (Å²) < 4.78 is 0. The van der Waals surface area contributed by atoms with Crippen molar-refractivity contribution >= 4 is 5.91 Å². The lowest BCUT2D eigenvalue weighted by molar-refractivity contribution is -0.122. The maximum absolute atomic E-state index is 12.1. The average Bonchev–Trinajstić information content (AvgIpc) is 2.53. The van der Waals surface area contributed by atoms with Gasteiger partial charge in [0.2, 0.25) is 5.91 Å². The van der Waals surface area contributed by atoms with Gasteiger partial charge >= 0.3 is 0 Å². The van der Waals surface area contributed by atoms with Gasteiger partial charge in [-0.2, -0.15) is 0 Å². The van der Waals surface area contributed by atoms with Gasteiger partial charge in [-0.1, -0.05) is 54.6 Å². The first-order valence-electron chi connectivity index (χ1n) is 7.84. The average molecular weight is 311 g/mol. The molecule has 0 saturated heterocycles. The number of carbonyl (C=O) groups excluding carboxylic acids is 1. The topological polar surface area (TPSA) is 58.4 Å². The Morgan fingerprint density at radius 2 is 1.70 bits per heavy atom. The number of rotatable bonds is 7. The molecule has 0 spiro atoms. The minimum absolute atomic E-state index is 0.119. The van der Waals surface area contributed by atoms with E-state index in [1.165, 1.54) is 5.56 Å². The molecule has 1 amide bonds. The van der Waals surface area contributed by atoms with Crippen LogP contribution in [0.2, 0.25) is 0 Å². The first-order valence-corrected chi connectivity index (χ1v) is 7.84. The number of nitrogens with one attached hydrogen (secondary N) is 1. The van der Waals surface area contributed by atoms with E-state index >= 15 is 0 Å². The van der Waals surface area contributed by atoms with Crippen molar-refractivity contribution in [1.82, 2.24) is 10.2 Å². The van der Waals surface area contributed by atoms with Crippen LogP contribution in [0.15, 0.2) is 54.6 Å². The summed E-state index contributed by atoms with van der Waals surface area (Å²) >= 11 is 0. The van der Waals surface area contributed by atoms with Gasteiger partial charge in [-0.3, -0.25) is 4.79 Å². The quantitative estimate of drug-likeness (QED) is 0.821. The Morgan fingerprint density at radius 1 is 1.04 bits per heavy atom. The fraction of sp³-hybridized carbons (Fsp3) is 0.316. The third-order valence-corrected chi connectivity index (χ3v) is 3.59. The second kappa shape index (κ2) is 8.46. The molecule has 0 radical (unpaired) electrons. The minimum Gasteiger partial charge on any atom is -0.351 e. The molecule has 2 aromatic rings.